The number of carbonyl (C=O) groups is 3. The molecule has 9 nitrogen and oxygen atoms in total. The Kier molecular flexibility index (Phi) is 6.70. The van der Waals surface area contributed by atoms with Crippen LogP contribution in [0.2, 0.25) is 5.02 Å². The van der Waals surface area contributed by atoms with Gasteiger partial charge in [-0.1, -0.05) is 41.9 Å². The van der Waals surface area contributed by atoms with Crippen molar-refractivity contribution in [2.24, 2.45) is 5.73 Å². The van der Waals surface area contributed by atoms with E-state index in [0.29, 0.717) is 5.56 Å². The average molecular weight is 468 g/mol. The SMILES string of the molecule is COC(=O)C1=C(C(=O)OC)N(c2cc(Cl)ccc2C(=O)O)C(N)=C(C#N)C1c1ccccc1. The molecule has 33 heavy (non-hydrogen) atoms. The van der Waals surface area contributed by atoms with Crippen molar-refractivity contribution in [2.75, 3.05) is 19.1 Å². The molecule has 0 saturated heterocycles. The lowest BCUT2D eigenvalue weighted by Gasteiger charge is -2.36. The summed E-state index contributed by atoms with van der Waals surface area (Å²) in [4.78, 5) is 38.9. The Morgan fingerprint density at radius 2 is 1.73 bits per heavy atom. The number of hydrogen-bond acceptors (Lipinski definition) is 8. The molecule has 1 atom stereocenters. The number of aromatic carboxylic acids is 1. The molecule has 1 heterocycles. The molecular formula is C23H18ClN3O6. The number of nitriles is 1. The maximum Gasteiger partial charge on any atom is 0.355 e. The lowest BCUT2D eigenvalue weighted by atomic mass is 9.80. The largest absolute Gasteiger partial charge is 0.478 e. The molecule has 1 aliphatic rings. The number of nitrogens with two attached hydrogens (primary N) is 1. The molecule has 2 aromatic rings. The minimum absolute atomic E-state index is 0.0921. The van der Waals surface area contributed by atoms with Gasteiger partial charge in [0.15, 0.2) is 0 Å². The molecule has 0 bridgehead atoms. The zero-order valence-corrected chi connectivity index (χ0v) is 18.3. The molecule has 0 radical (unpaired) electrons. The van der Waals surface area contributed by atoms with Crippen molar-refractivity contribution < 1.29 is 29.0 Å². The van der Waals surface area contributed by atoms with Crippen LogP contribution in [0.25, 0.3) is 0 Å². The van der Waals surface area contributed by atoms with Gasteiger partial charge in [-0.3, -0.25) is 4.90 Å². The first kappa shape index (κ1) is 23.4. The highest BCUT2D eigenvalue weighted by Gasteiger charge is 2.43. The van der Waals surface area contributed by atoms with E-state index in [1.165, 1.54) is 18.2 Å². The third-order valence-electron chi connectivity index (χ3n) is 5.04. The van der Waals surface area contributed by atoms with Gasteiger partial charge >= 0.3 is 17.9 Å². The van der Waals surface area contributed by atoms with Crippen LogP contribution in [0.1, 0.15) is 21.8 Å². The Hall–Kier alpha value is -4.29. The van der Waals surface area contributed by atoms with Gasteiger partial charge in [0.05, 0.1) is 48.6 Å². The molecule has 168 valence electrons. The molecule has 10 heteroatoms. The van der Waals surface area contributed by atoms with E-state index >= 15 is 0 Å². The Morgan fingerprint density at radius 1 is 1.09 bits per heavy atom. The van der Waals surface area contributed by atoms with Crippen LogP contribution in [0.5, 0.6) is 0 Å². The quantitative estimate of drug-likeness (QED) is 0.634. The van der Waals surface area contributed by atoms with E-state index in [0.717, 1.165) is 19.1 Å². The van der Waals surface area contributed by atoms with Crippen LogP contribution in [0.4, 0.5) is 5.69 Å². The molecular weight excluding hydrogens is 450 g/mol. The second-order valence-electron chi connectivity index (χ2n) is 6.80. The van der Waals surface area contributed by atoms with Crippen LogP contribution < -0.4 is 10.6 Å². The van der Waals surface area contributed by atoms with Crippen molar-refractivity contribution in [3.63, 3.8) is 0 Å². The first-order valence-electron chi connectivity index (χ1n) is 9.45. The highest BCUT2D eigenvalue weighted by atomic mass is 35.5. The number of methoxy groups -OCH3 is 2. The third kappa shape index (κ3) is 4.12. The topological polar surface area (TPSA) is 143 Å². The van der Waals surface area contributed by atoms with Gasteiger partial charge in [0.2, 0.25) is 0 Å². The number of rotatable bonds is 5. The molecule has 1 aliphatic heterocycles. The summed E-state index contributed by atoms with van der Waals surface area (Å²) in [5.74, 6) is -4.59. The number of esters is 2. The molecule has 0 saturated carbocycles. The Bertz CT molecular complexity index is 1250. The van der Waals surface area contributed by atoms with E-state index in [4.69, 9.17) is 26.8 Å². The standard InChI is InChI=1S/C23H18ClN3O6/c1-32-22(30)18-17(12-6-4-3-5-7-12)15(11-25)20(26)27(19(18)23(31)33-2)16-10-13(24)8-9-14(16)21(28)29/h3-10,17H,26H2,1-2H3,(H,28,29). The summed E-state index contributed by atoms with van der Waals surface area (Å²) in [6, 6.07) is 14.3. The van der Waals surface area contributed by atoms with Crippen LogP contribution >= 0.6 is 11.6 Å². The molecule has 2 aromatic carbocycles. The zero-order chi connectivity index (χ0) is 24.3. The number of hydrogen-bond donors (Lipinski definition) is 2. The van der Waals surface area contributed by atoms with E-state index in [-0.39, 0.29) is 38.9 Å². The number of benzene rings is 2. The van der Waals surface area contributed by atoms with Gasteiger partial charge < -0.3 is 20.3 Å². The fourth-order valence-electron chi connectivity index (χ4n) is 3.63. The number of nitrogens with zero attached hydrogens (tertiary/aromatic N) is 2. The maximum absolute atomic E-state index is 13.0. The lowest BCUT2D eigenvalue weighted by molar-refractivity contribution is -0.139. The molecule has 0 aliphatic carbocycles. The predicted octanol–water partition coefficient (Wildman–Crippen LogP) is 2.94. The minimum atomic E-state index is -1.35. The van der Waals surface area contributed by atoms with E-state index in [1.807, 2.05) is 6.07 Å². The van der Waals surface area contributed by atoms with Crippen molar-refractivity contribution >= 4 is 35.2 Å². The van der Waals surface area contributed by atoms with E-state index < -0.39 is 23.8 Å². The van der Waals surface area contributed by atoms with Crippen molar-refractivity contribution in [1.29, 1.82) is 5.26 Å². The van der Waals surface area contributed by atoms with Crippen LogP contribution in [-0.4, -0.2) is 37.2 Å². The van der Waals surface area contributed by atoms with Gasteiger partial charge in [0.1, 0.15) is 11.5 Å². The fraction of sp³-hybridized carbons (Fsp3) is 0.130. The van der Waals surface area contributed by atoms with Crippen molar-refractivity contribution in [1.82, 2.24) is 0 Å². The van der Waals surface area contributed by atoms with Crippen LogP contribution in [-0.2, 0) is 19.1 Å². The number of carboxylic acids is 1. The van der Waals surface area contributed by atoms with E-state index in [9.17, 15) is 24.8 Å². The van der Waals surface area contributed by atoms with Gasteiger partial charge in [-0.25, -0.2) is 14.4 Å². The van der Waals surface area contributed by atoms with Crippen molar-refractivity contribution in [3.8, 4) is 6.07 Å². The summed E-state index contributed by atoms with van der Waals surface area (Å²) in [7, 11) is 2.21. The molecule has 3 rings (SSSR count). The maximum atomic E-state index is 13.0. The Balaban J connectivity index is 2.49. The molecule has 0 spiro atoms. The lowest BCUT2D eigenvalue weighted by Crippen LogP contribution is -2.41. The summed E-state index contributed by atoms with van der Waals surface area (Å²) >= 11 is 6.11. The third-order valence-corrected chi connectivity index (χ3v) is 5.28. The second kappa shape index (κ2) is 9.46. The zero-order valence-electron chi connectivity index (χ0n) is 17.5. The van der Waals surface area contributed by atoms with Gasteiger partial charge in [0.25, 0.3) is 0 Å². The average Bonchev–Trinajstić information content (AvgIpc) is 2.82. The molecule has 0 amide bonds. The normalized spacial score (nSPS) is 15.7. The Morgan fingerprint density at radius 3 is 2.27 bits per heavy atom. The summed E-state index contributed by atoms with van der Waals surface area (Å²) in [5, 5.41) is 19.8. The van der Waals surface area contributed by atoms with Gasteiger partial charge in [-0.05, 0) is 23.8 Å². The number of carbonyl (C=O) groups excluding carboxylic acids is 2. The first-order valence-corrected chi connectivity index (χ1v) is 9.83. The van der Waals surface area contributed by atoms with Crippen LogP contribution in [0.15, 0.2) is 71.2 Å². The Labute approximate surface area is 193 Å². The van der Waals surface area contributed by atoms with Crippen molar-refractivity contribution in [3.05, 3.63) is 87.3 Å². The van der Waals surface area contributed by atoms with E-state index in [1.54, 1.807) is 30.3 Å². The van der Waals surface area contributed by atoms with Gasteiger partial charge in [0, 0.05) is 5.02 Å². The van der Waals surface area contributed by atoms with Gasteiger partial charge in [-0.15, -0.1) is 0 Å². The first-order chi connectivity index (χ1) is 15.8. The molecule has 0 aromatic heterocycles. The summed E-state index contributed by atoms with van der Waals surface area (Å²) in [6.45, 7) is 0. The summed E-state index contributed by atoms with van der Waals surface area (Å²) < 4.78 is 9.84. The fourth-order valence-corrected chi connectivity index (χ4v) is 3.80. The minimum Gasteiger partial charge on any atom is -0.478 e. The number of carboxylic acid groups (broad SMARTS) is 1. The van der Waals surface area contributed by atoms with Gasteiger partial charge in [-0.2, -0.15) is 5.26 Å². The summed E-state index contributed by atoms with van der Waals surface area (Å²) in [6.07, 6.45) is 0. The monoisotopic (exact) mass is 467 g/mol. The summed E-state index contributed by atoms with van der Waals surface area (Å²) in [5.41, 5.74) is 5.72. The number of anilines is 1. The predicted molar refractivity (Wildman–Crippen MR) is 118 cm³/mol. The van der Waals surface area contributed by atoms with Crippen LogP contribution in [0, 0.1) is 11.3 Å². The smallest absolute Gasteiger partial charge is 0.355 e. The van der Waals surface area contributed by atoms with Crippen LogP contribution in [0.3, 0.4) is 0 Å². The van der Waals surface area contributed by atoms with Crippen molar-refractivity contribution in [2.45, 2.75) is 5.92 Å². The number of ether oxygens (including phenoxy) is 2. The molecule has 1 unspecified atom stereocenters. The second-order valence-corrected chi connectivity index (χ2v) is 7.24. The highest BCUT2D eigenvalue weighted by Crippen LogP contribution is 2.44. The molecule has 3 N–H and O–H groups in total. The van der Waals surface area contributed by atoms with E-state index in [2.05, 4.69) is 0 Å². The molecule has 0 fully saturated rings. The number of halogens is 1. The highest BCUT2D eigenvalue weighted by molar-refractivity contribution is 6.31. The number of allylic oxidation sites excluding steroid dienone is 1.